The van der Waals surface area contributed by atoms with Gasteiger partial charge in [0.25, 0.3) is 0 Å². The van der Waals surface area contributed by atoms with Crippen LogP contribution in [0.3, 0.4) is 0 Å². The molecular weight excluding hydrogens is 242 g/mol. The first-order valence-corrected chi connectivity index (χ1v) is 6.19. The fourth-order valence-electron chi connectivity index (χ4n) is 2.53. The number of pyridine rings is 1. The smallest absolute Gasteiger partial charge is 0.311 e. The summed E-state index contributed by atoms with van der Waals surface area (Å²) < 4.78 is 0. The van der Waals surface area contributed by atoms with Crippen molar-refractivity contribution in [3.63, 3.8) is 0 Å². The molecule has 0 amide bonds. The van der Waals surface area contributed by atoms with Gasteiger partial charge in [0.2, 0.25) is 5.82 Å². The second-order valence-corrected chi connectivity index (χ2v) is 4.56. The van der Waals surface area contributed by atoms with Gasteiger partial charge in [-0.15, -0.1) is 0 Å². The van der Waals surface area contributed by atoms with Gasteiger partial charge in [0.15, 0.2) is 0 Å². The zero-order chi connectivity index (χ0) is 13.2. The van der Waals surface area contributed by atoms with Crippen LogP contribution >= 0.6 is 0 Å². The lowest BCUT2D eigenvalue weighted by Gasteiger charge is -2.14. The molecule has 96 valence electrons. The van der Waals surface area contributed by atoms with E-state index >= 15 is 0 Å². The van der Waals surface area contributed by atoms with Crippen molar-refractivity contribution in [2.45, 2.75) is 18.9 Å². The van der Waals surface area contributed by atoms with E-state index < -0.39 is 4.92 Å². The van der Waals surface area contributed by atoms with Crippen molar-refractivity contribution in [1.82, 2.24) is 4.98 Å². The van der Waals surface area contributed by atoms with Crippen LogP contribution in [0.5, 0.6) is 0 Å². The molecule has 0 radical (unpaired) electrons. The number of benzene rings is 1. The summed E-state index contributed by atoms with van der Waals surface area (Å²) in [6, 6.07) is 11.3. The van der Waals surface area contributed by atoms with Gasteiger partial charge in [-0.3, -0.25) is 10.1 Å². The highest BCUT2D eigenvalue weighted by Crippen LogP contribution is 2.35. The fraction of sp³-hybridized carbons (Fsp3) is 0.214. The molecule has 1 aromatic carbocycles. The Balaban J connectivity index is 1.90. The number of nitro groups is 1. The molecule has 5 heteroatoms. The van der Waals surface area contributed by atoms with Crippen LogP contribution in [0.15, 0.2) is 42.6 Å². The topological polar surface area (TPSA) is 68.1 Å². The number of hydrogen-bond donors (Lipinski definition) is 1. The fourth-order valence-corrected chi connectivity index (χ4v) is 2.53. The number of hydrogen-bond acceptors (Lipinski definition) is 4. The Morgan fingerprint density at radius 2 is 2.11 bits per heavy atom. The molecule has 1 atom stereocenters. The Hall–Kier alpha value is -2.43. The number of nitrogens with zero attached hydrogens (tertiary/aromatic N) is 2. The van der Waals surface area contributed by atoms with E-state index in [0.717, 1.165) is 12.8 Å². The van der Waals surface area contributed by atoms with Gasteiger partial charge in [-0.1, -0.05) is 24.3 Å². The number of rotatable bonds is 3. The highest BCUT2D eigenvalue weighted by Gasteiger charge is 2.24. The lowest BCUT2D eigenvalue weighted by Crippen LogP contribution is -2.10. The van der Waals surface area contributed by atoms with Crippen LogP contribution in [0.1, 0.15) is 23.6 Å². The van der Waals surface area contributed by atoms with E-state index in [0.29, 0.717) is 5.82 Å². The Morgan fingerprint density at radius 3 is 2.95 bits per heavy atom. The van der Waals surface area contributed by atoms with Crippen LogP contribution in [0.25, 0.3) is 0 Å². The Labute approximate surface area is 110 Å². The summed E-state index contributed by atoms with van der Waals surface area (Å²) in [5, 5.41) is 14.2. The number of nitrogens with one attached hydrogen (secondary N) is 1. The average Bonchev–Trinajstić information content (AvgIpc) is 2.83. The summed E-state index contributed by atoms with van der Waals surface area (Å²) in [5.41, 5.74) is 2.54. The number of aromatic nitrogens is 1. The molecule has 1 N–H and O–H groups in total. The molecule has 2 aromatic rings. The quantitative estimate of drug-likeness (QED) is 0.676. The molecular formula is C14H13N3O2. The first kappa shape index (κ1) is 11.6. The maximum Gasteiger partial charge on any atom is 0.311 e. The second kappa shape index (κ2) is 4.68. The highest BCUT2D eigenvalue weighted by molar-refractivity contribution is 5.57. The molecule has 3 rings (SSSR count). The van der Waals surface area contributed by atoms with E-state index in [1.807, 2.05) is 12.1 Å². The van der Waals surface area contributed by atoms with Gasteiger partial charge in [-0.05, 0) is 30.0 Å². The molecule has 0 spiro atoms. The minimum atomic E-state index is -0.407. The maximum absolute atomic E-state index is 11.0. The minimum absolute atomic E-state index is 0.0203. The van der Waals surface area contributed by atoms with Gasteiger partial charge in [-0.25, -0.2) is 4.98 Å². The van der Waals surface area contributed by atoms with Crippen LogP contribution in [0.4, 0.5) is 11.5 Å². The monoisotopic (exact) mass is 255 g/mol. The van der Waals surface area contributed by atoms with Gasteiger partial charge in [0.05, 0.1) is 11.0 Å². The van der Waals surface area contributed by atoms with Gasteiger partial charge >= 0.3 is 5.69 Å². The van der Waals surface area contributed by atoms with E-state index in [9.17, 15) is 10.1 Å². The summed E-state index contributed by atoms with van der Waals surface area (Å²) in [6.07, 6.45) is 3.50. The molecule has 19 heavy (non-hydrogen) atoms. The Morgan fingerprint density at radius 1 is 1.26 bits per heavy atom. The molecule has 1 aliphatic rings. The molecule has 0 saturated carbocycles. The molecule has 1 unspecified atom stereocenters. The maximum atomic E-state index is 11.0. The van der Waals surface area contributed by atoms with Crippen molar-refractivity contribution in [1.29, 1.82) is 0 Å². The van der Waals surface area contributed by atoms with E-state index in [1.54, 1.807) is 12.3 Å². The van der Waals surface area contributed by atoms with Crippen molar-refractivity contribution in [2.75, 3.05) is 5.32 Å². The summed E-state index contributed by atoms with van der Waals surface area (Å²) in [4.78, 5) is 14.6. The second-order valence-electron chi connectivity index (χ2n) is 4.56. The lowest BCUT2D eigenvalue weighted by atomic mass is 10.1. The van der Waals surface area contributed by atoms with E-state index in [1.165, 1.54) is 17.2 Å². The third-order valence-electron chi connectivity index (χ3n) is 3.43. The number of anilines is 1. The predicted molar refractivity (Wildman–Crippen MR) is 72.0 cm³/mol. The third-order valence-corrected chi connectivity index (χ3v) is 3.43. The van der Waals surface area contributed by atoms with Gasteiger partial charge in [0, 0.05) is 12.3 Å². The SMILES string of the molecule is O=[N+]([O-])c1cccnc1NC1CCc2ccccc21. The van der Waals surface area contributed by atoms with Crippen LogP contribution in [0.2, 0.25) is 0 Å². The lowest BCUT2D eigenvalue weighted by molar-refractivity contribution is -0.384. The first-order chi connectivity index (χ1) is 9.25. The number of aryl methyl sites for hydroxylation is 1. The van der Waals surface area contributed by atoms with Crippen molar-refractivity contribution >= 4 is 11.5 Å². The Kier molecular flexibility index (Phi) is 2.87. The van der Waals surface area contributed by atoms with E-state index in [2.05, 4.69) is 22.4 Å². The van der Waals surface area contributed by atoms with Crippen LogP contribution in [-0.4, -0.2) is 9.91 Å². The van der Waals surface area contributed by atoms with Gasteiger partial charge in [0.1, 0.15) is 0 Å². The summed E-state index contributed by atoms with van der Waals surface area (Å²) in [5.74, 6) is 0.342. The van der Waals surface area contributed by atoms with Crippen molar-refractivity contribution in [2.24, 2.45) is 0 Å². The van der Waals surface area contributed by atoms with Crippen LogP contribution < -0.4 is 5.32 Å². The third kappa shape index (κ3) is 2.14. The molecule has 0 bridgehead atoms. The molecule has 1 heterocycles. The van der Waals surface area contributed by atoms with Crippen LogP contribution in [0, 0.1) is 10.1 Å². The zero-order valence-corrected chi connectivity index (χ0v) is 10.2. The van der Waals surface area contributed by atoms with Gasteiger partial charge < -0.3 is 5.32 Å². The first-order valence-electron chi connectivity index (χ1n) is 6.19. The zero-order valence-electron chi connectivity index (χ0n) is 10.2. The molecule has 0 aliphatic heterocycles. The molecule has 0 fully saturated rings. The van der Waals surface area contributed by atoms with Crippen molar-refractivity contribution in [3.05, 3.63) is 63.8 Å². The van der Waals surface area contributed by atoms with E-state index in [-0.39, 0.29) is 11.7 Å². The molecule has 0 saturated heterocycles. The summed E-state index contributed by atoms with van der Waals surface area (Å²) >= 11 is 0. The summed E-state index contributed by atoms with van der Waals surface area (Å²) in [6.45, 7) is 0. The molecule has 1 aliphatic carbocycles. The van der Waals surface area contributed by atoms with Crippen LogP contribution in [-0.2, 0) is 6.42 Å². The van der Waals surface area contributed by atoms with E-state index in [4.69, 9.17) is 0 Å². The van der Waals surface area contributed by atoms with Gasteiger partial charge in [-0.2, -0.15) is 0 Å². The Bertz CT molecular complexity index is 628. The number of fused-ring (bicyclic) bond motifs is 1. The minimum Gasteiger partial charge on any atom is -0.358 e. The standard InChI is InChI=1S/C14H13N3O2/c18-17(19)13-6-3-9-15-14(13)16-12-8-7-10-4-1-2-5-11(10)12/h1-6,9,12H,7-8H2,(H,15,16). The summed E-state index contributed by atoms with van der Waals surface area (Å²) in [7, 11) is 0. The largest absolute Gasteiger partial charge is 0.358 e. The highest BCUT2D eigenvalue weighted by atomic mass is 16.6. The normalized spacial score (nSPS) is 16.9. The molecule has 1 aromatic heterocycles. The van der Waals surface area contributed by atoms with Crippen molar-refractivity contribution < 1.29 is 4.92 Å². The predicted octanol–water partition coefficient (Wildman–Crippen LogP) is 3.09. The van der Waals surface area contributed by atoms with Crippen molar-refractivity contribution in [3.8, 4) is 0 Å². The molecule has 5 nitrogen and oxygen atoms in total. The average molecular weight is 255 g/mol.